The molecule has 8 heterocycles. The van der Waals surface area contributed by atoms with Crippen LogP contribution in [0.15, 0.2) is 45.6 Å². The number of aryl methyl sites for hydroxylation is 1. The van der Waals surface area contributed by atoms with Crippen molar-refractivity contribution in [1.82, 2.24) is 43.6 Å². The average Bonchev–Trinajstić information content (AvgIpc) is 4.24. The van der Waals surface area contributed by atoms with Crippen molar-refractivity contribution in [1.29, 1.82) is 0 Å². The number of aromatic amines is 2. The number of methoxy groups -OCH3 is 2. The molecule has 0 spiro atoms. The van der Waals surface area contributed by atoms with Gasteiger partial charge in [0.25, 0.3) is 16.7 Å². The molecule has 432 valence electrons. The van der Waals surface area contributed by atoms with Crippen LogP contribution in [0.3, 0.4) is 0 Å². The number of fused-ring (bicyclic) bond motifs is 2. The van der Waals surface area contributed by atoms with Gasteiger partial charge in [-0.15, -0.1) is 0 Å². The molecule has 8 rings (SSSR count). The first-order valence-electron chi connectivity index (χ1n) is 22.7. The van der Waals surface area contributed by atoms with Crippen LogP contribution in [-0.2, 0) is 80.4 Å². The fourth-order valence-corrected chi connectivity index (χ4v) is 13.2. The lowest BCUT2D eigenvalue weighted by Crippen LogP contribution is -2.38. The molecule has 78 heavy (non-hydrogen) atoms. The van der Waals surface area contributed by atoms with Crippen LogP contribution in [0.4, 0.5) is 11.8 Å². The lowest BCUT2D eigenvalue weighted by Gasteiger charge is -2.26. The number of hydrogen-bond donors (Lipinski definition) is 11. The fourth-order valence-electron chi connectivity index (χ4n) is 8.70. The van der Waals surface area contributed by atoms with E-state index in [4.69, 9.17) is 58.0 Å². The first-order chi connectivity index (χ1) is 36.7. The Bertz CT molecular complexity index is 3340. The van der Waals surface area contributed by atoms with Crippen LogP contribution in [0, 0.1) is 5.92 Å². The molecule has 5 aromatic heterocycles. The Morgan fingerprint density at radius 1 is 0.718 bits per heavy atom. The summed E-state index contributed by atoms with van der Waals surface area (Å²) in [5.41, 5.74) is 9.35. The maximum absolute atomic E-state index is 13.6. The molecule has 38 nitrogen and oxygen atoms in total. The standard InChI is InChI=1S/C36H52N12O26P4/c1-45-15-48(30-22(45)31(53)44-35(38)43-30)32-23(50)16(5-7-65-9-8-63-2)17(69-32)10-67-76(57,58)73-78(61,62)74-77(59,60)68-12-19-26(27(64-3)34(71-19)47-14-41-21-28(37)39-13-40-29(21)47)72-75(55,56)66-11-18-24(51)25(52)33(70-18)46-6-4-20(49)42-36(46)54/h4,6,13-19,23-27,32-34,50-52H,5,7-12H2,1-3H3,(H9-,37,38,39,40,42,43,44,49,53,54,55,56,57,58,59,60,61,62)/p+1/t16-,17-,18-,19-,23-,24-,25-,26-,27-,32-,33-,34-/m1/s1. The smallest absolute Gasteiger partial charge is 0.387 e. The number of anilines is 2. The highest BCUT2D eigenvalue weighted by molar-refractivity contribution is 7.66. The van der Waals surface area contributed by atoms with Gasteiger partial charge in [0.2, 0.25) is 18.5 Å². The van der Waals surface area contributed by atoms with Crippen molar-refractivity contribution in [3.8, 4) is 0 Å². The molecule has 0 amide bonds. The van der Waals surface area contributed by atoms with Crippen molar-refractivity contribution >= 4 is 65.4 Å². The monoisotopic (exact) mass is 1190 g/mol. The molecule has 42 heteroatoms. The number of aliphatic hydroxyl groups is 3. The lowest BCUT2D eigenvalue weighted by atomic mass is 9.95. The number of rotatable bonds is 25. The second-order valence-electron chi connectivity index (χ2n) is 17.3. The Hall–Kier alpha value is -4.66. The minimum Gasteiger partial charge on any atom is -0.387 e. The van der Waals surface area contributed by atoms with E-state index < -0.39 is 141 Å². The Morgan fingerprint density at radius 2 is 1.36 bits per heavy atom. The number of imidazole rings is 2. The maximum Gasteiger partial charge on any atom is 0.490 e. The molecule has 3 fully saturated rings. The van der Waals surface area contributed by atoms with Crippen molar-refractivity contribution in [3.05, 3.63) is 62.4 Å². The van der Waals surface area contributed by atoms with E-state index in [2.05, 4.69) is 33.5 Å². The van der Waals surface area contributed by atoms with Crippen LogP contribution in [0.5, 0.6) is 0 Å². The van der Waals surface area contributed by atoms with Crippen LogP contribution < -0.4 is 32.8 Å². The number of phosphoric ester groups is 3. The number of H-pyrrole nitrogens is 2. The summed E-state index contributed by atoms with van der Waals surface area (Å²) < 4.78 is 121. The molecule has 0 radical (unpaired) electrons. The SMILES string of the molecule is COCCOCC[C@H]1[C@@H](O)[C@H](n2c[n+](C)c3c(=O)[nH]c(N)nc32)O[C@@H]1COP(=O)(O)OP(=O)(O)OP(=O)(O)OC[C@H]1O[C@@H](n2cnc3c(N)ncnc32)[C@H](OC)[C@@H]1OP(=O)(O)OC[C@H]1O[C@@H](n2ccc(=O)[nH]c2=O)[C@H](O)[C@@H]1O. The maximum atomic E-state index is 13.6. The van der Waals surface area contributed by atoms with Crippen LogP contribution in [0.25, 0.3) is 22.3 Å². The summed E-state index contributed by atoms with van der Waals surface area (Å²) in [6, 6.07) is 0.926. The number of aromatic nitrogens is 10. The number of nitrogens with two attached hydrogens (primary N) is 2. The molecule has 3 aliphatic rings. The van der Waals surface area contributed by atoms with Gasteiger partial charge in [-0.3, -0.25) is 46.8 Å². The number of nitrogens with zero attached hydrogens (tertiary/aromatic N) is 8. The Kier molecular flexibility index (Phi) is 18.2. The van der Waals surface area contributed by atoms with E-state index in [0.29, 0.717) is 0 Å². The largest absolute Gasteiger partial charge is 0.490 e. The third-order valence-corrected chi connectivity index (χ3v) is 17.4. The van der Waals surface area contributed by atoms with Crippen LogP contribution in [0.1, 0.15) is 25.1 Å². The molecule has 3 aliphatic heterocycles. The van der Waals surface area contributed by atoms with Crippen LogP contribution >= 0.6 is 31.3 Å². The second kappa shape index (κ2) is 23.8. The number of nitrogens with one attached hydrogen (secondary N) is 2. The van der Waals surface area contributed by atoms with E-state index in [1.54, 1.807) is 0 Å². The molecule has 4 unspecified atom stereocenters. The Morgan fingerprint density at radius 3 is 2.04 bits per heavy atom. The molecular weight excluding hydrogens is 1140 g/mol. The zero-order valence-corrected chi connectivity index (χ0v) is 44.3. The van der Waals surface area contributed by atoms with Crippen molar-refractivity contribution < 1.29 is 113 Å². The van der Waals surface area contributed by atoms with Crippen molar-refractivity contribution in [2.75, 3.05) is 65.3 Å². The summed E-state index contributed by atoms with van der Waals surface area (Å²) >= 11 is 0. The zero-order chi connectivity index (χ0) is 56.6. The normalized spacial score (nSPS) is 29.7. The second-order valence-corrected chi connectivity index (χ2v) is 23.3. The van der Waals surface area contributed by atoms with Crippen LogP contribution in [0.2, 0.25) is 0 Å². The van der Waals surface area contributed by atoms with E-state index >= 15 is 0 Å². The highest BCUT2D eigenvalue weighted by Gasteiger charge is 2.54. The van der Waals surface area contributed by atoms with Crippen LogP contribution in [-0.4, -0.2) is 181 Å². The third kappa shape index (κ3) is 13.2. The first kappa shape index (κ1) is 59.5. The number of ether oxygens (including phenoxy) is 6. The molecule has 16 atom stereocenters. The highest BCUT2D eigenvalue weighted by Crippen LogP contribution is 2.68. The van der Waals surface area contributed by atoms with Crippen molar-refractivity contribution in [3.63, 3.8) is 0 Å². The van der Waals surface area contributed by atoms with Gasteiger partial charge in [-0.25, -0.2) is 42.6 Å². The van der Waals surface area contributed by atoms with Gasteiger partial charge in [0.05, 0.1) is 52.5 Å². The third-order valence-electron chi connectivity index (χ3n) is 12.2. The summed E-state index contributed by atoms with van der Waals surface area (Å²) in [6.45, 7) is -2.87. The average molecular weight is 1190 g/mol. The molecular formula is C36H53N12O26P4+. The van der Waals surface area contributed by atoms with Gasteiger partial charge in [-0.05, 0) is 6.42 Å². The van der Waals surface area contributed by atoms with E-state index in [9.17, 15) is 67.5 Å². The summed E-state index contributed by atoms with van der Waals surface area (Å²) in [6.07, 6.45) is -13.3. The summed E-state index contributed by atoms with van der Waals surface area (Å²) in [4.78, 5) is 100.0. The highest BCUT2D eigenvalue weighted by atomic mass is 31.3. The predicted molar refractivity (Wildman–Crippen MR) is 253 cm³/mol. The van der Waals surface area contributed by atoms with E-state index in [1.807, 2.05) is 4.98 Å². The van der Waals surface area contributed by atoms with Crippen molar-refractivity contribution in [2.45, 2.75) is 73.9 Å². The summed E-state index contributed by atoms with van der Waals surface area (Å²) in [5.74, 6) is -1.33. The molecule has 0 bridgehead atoms. The molecule has 0 aliphatic carbocycles. The Labute approximate surface area is 435 Å². The Balaban J connectivity index is 0.943. The molecule has 0 saturated carbocycles. The van der Waals surface area contributed by atoms with Gasteiger partial charge in [0.15, 0.2) is 23.9 Å². The lowest BCUT2D eigenvalue weighted by molar-refractivity contribution is -0.646. The molecule has 0 aromatic carbocycles. The molecule has 3 saturated heterocycles. The molecule has 5 aromatic rings. The number of nitrogen functional groups attached to an aromatic ring is 2. The number of hydrogen-bond acceptors (Lipinski definition) is 28. The topological polar surface area (TPSA) is 526 Å². The zero-order valence-electron chi connectivity index (χ0n) is 40.7. The minimum absolute atomic E-state index is 0.00736. The predicted octanol–water partition coefficient (Wildman–Crippen LogP) is -3.57. The quantitative estimate of drug-likeness (QED) is 0.0153. The van der Waals surface area contributed by atoms with Gasteiger partial charge in [-0.2, -0.15) is 18.2 Å². The van der Waals surface area contributed by atoms with Gasteiger partial charge in [-0.1, -0.05) is 0 Å². The number of phosphoric acid groups is 4. The van der Waals surface area contributed by atoms with Gasteiger partial charge < -0.3 is 74.8 Å². The van der Waals surface area contributed by atoms with Gasteiger partial charge in [0, 0.05) is 39.0 Å². The summed E-state index contributed by atoms with van der Waals surface area (Å²) in [5, 5.41) is 32.8. The van der Waals surface area contributed by atoms with E-state index in [-0.39, 0.29) is 60.3 Å². The van der Waals surface area contributed by atoms with E-state index in [0.717, 1.165) is 36.6 Å². The van der Waals surface area contributed by atoms with Crippen molar-refractivity contribution in [2.24, 2.45) is 13.0 Å². The summed E-state index contributed by atoms with van der Waals surface area (Å²) in [7, 11) is -19.4. The van der Waals surface area contributed by atoms with E-state index in [1.165, 1.54) is 34.2 Å². The molecule has 13 N–H and O–H groups in total. The minimum atomic E-state index is -6.20. The number of aliphatic hydroxyl groups excluding tert-OH is 3. The van der Waals surface area contributed by atoms with Gasteiger partial charge >= 0.3 is 42.5 Å². The van der Waals surface area contributed by atoms with Gasteiger partial charge in [0.1, 0.15) is 54.6 Å². The first-order valence-corrected chi connectivity index (χ1v) is 28.7. The fraction of sp³-hybridized carbons (Fsp3) is 0.611.